The van der Waals surface area contributed by atoms with Crippen LogP contribution in [0.1, 0.15) is 25.8 Å². The molecule has 5 heteroatoms. The summed E-state index contributed by atoms with van der Waals surface area (Å²) in [5.41, 5.74) is 0.839. The van der Waals surface area contributed by atoms with Crippen molar-refractivity contribution in [3.05, 3.63) is 35.9 Å². The Kier molecular flexibility index (Phi) is 5.85. The number of carbonyl (C=O) groups is 2. The first-order valence-electron chi connectivity index (χ1n) is 6.22. The summed E-state index contributed by atoms with van der Waals surface area (Å²) in [4.78, 5) is 22.5. The number of rotatable bonds is 6. The smallest absolute Gasteiger partial charge is 0.408 e. The lowest BCUT2D eigenvalue weighted by Crippen LogP contribution is -2.51. The molecule has 0 aliphatic rings. The number of hydrogen-bond acceptors (Lipinski definition) is 4. The molecule has 0 unspecified atom stereocenters. The van der Waals surface area contributed by atoms with Crippen LogP contribution in [-0.4, -0.2) is 18.1 Å². The molecule has 1 N–H and O–H groups in total. The van der Waals surface area contributed by atoms with Crippen molar-refractivity contribution in [1.82, 2.24) is 5.32 Å². The summed E-state index contributed by atoms with van der Waals surface area (Å²) in [6.07, 6.45) is -0.129. The van der Waals surface area contributed by atoms with Gasteiger partial charge in [-0.1, -0.05) is 50.6 Å². The van der Waals surface area contributed by atoms with Crippen LogP contribution >= 0.6 is 0 Å². The van der Waals surface area contributed by atoms with Gasteiger partial charge in [-0.3, -0.25) is 0 Å². The average Bonchev–Trinajstić information content (AvgIpc) is 2.42. The molecule has 0 bridgehead atoms. The van der Waals surface area contributed by atoms with Gasteiger partial charge in [-0.05, 0) is 11.5 Å². The molecule has 0 heterocycles. The predicted octanol–water partition coefficient (Wildman–Crippen LogP) is 1.08. The van der Waals surface area contributed by atoms with E-state index in [-0.39, 0.29) is 12.5 Å². The lowest BCUT2D eigenvalue weighted by molar-refractivity contribution is -0.309. The average molecular weight is 264 g/mol. The second-order valence-electron chi connectivity index (χ2n) is 4.39. The number of carboxylic acid groups (broad SMARTS) is 1. The van der Waals surface area contributed by atoms with Gasteiger partial charge in [0, 0.05) is 0 Å². The van der Waals surface area contributed by atoms with Crippen molar-refractivity contribution in [2.45, 2.75) is 32.9 Å². The lowest BCUT2D eigenvalue weighted by atomic mass is 10.00. The first kappa shape index (κ1) is 15.0. The molecule has 19 heavy (non-hydrogen) atoms. The zero-order chi connectivity index (χ0) is 14.3. The fraction of sp³-hybridized carbons (Fsp3) is 0.429. The van der Waals surface area contributed by atoms with Gasteiger partial charge in [0.2, 0.25) is 0 Å². The zero-order valence-corrected chi connectivity index (χ0v) is 11.1. The largest absolute Gasteiger partial charge is 0.548 e. The fourth-order valence-corrected chi connectivity index (χ4v) is 1.56. The molecule has 0 saturated heterocycles. The second kappa shape index (κ2) is 7.41. The van der Waals surface area contributed by atoms with Gasteiger partial charge < -0.3 is 20.0 Å². The van der Waals surface area contributed by atoms with Crippen LogP contribution in [0.15, 0.2) is 30.3 Å². The number of carboxylic acids is 1. The van der Waals surface area contributed by atoms with E-state index in [4.69, 9.17) is 4.74 Å². The molecule has 0 aliphatic heterocycles. The maximum absolute atomic E-state index is 11.5. The maximum atomic E-state index is 11.5. The van der Waals surface area contributed by atoms with E-state index in [9.17, 15) is 14.7 Å². The number of alkyl carbamates (subject to hydrolysis) is 1. The van der Waals surface area contributed by atoms with Crippen LogP contribution in [0.4, 0.5) is 4.79 Å². The van der Waals surface area contributed by atoms with Crippen LogP contribution < -0.4 is 10.4 Å². The third-order valence-electron chi connectivity index (χ3n) is 2.95. The molecule has 1 rings (SSSR count). The monoisotopic (exact) mass is 264 g/mol. The van der Waals surface area contributed by atoms with Gasteiger partial charge in [-0.15, -0.1) is 0 Å². The van der Waals surface area contributed by atoms with Gasteiger partial charge in [0.05, 0.1) is 12.0 Å². The van der Waals surface area contributed by atoms with E-state index < -0.39 is 18.1 Å². The van der Waals surface area contributed by atoms with Crippen molar-refractivity contribution < 1.29 is 19.4 Å². The van der Waals surface area contributed by atoms with Crippen LogP contribution in [0, 0.1) is 5.92 Å². The van der Waals surface area contributed by atoms with Crippen LogP contribution in [0.2, 0.25) is 0 Å². The Labute approximate surface area is 112 Å². The molecular formula is C14H18NO4-. The zero-order valence-electron chi connectivity index (χ0n) is 11.1. The molecule has 0 aromatic heterocycles. The van der Waals surface area contributed by atoms with E-state index in [0.717, 1.165) is 5.56 Å². The number of hydrogen-bond donors (Lipinski definition) is 1. The highest BCUT2D eigenvalue weighted by Crippen LogP contribution is 2.08. The Bertz CT molecular complexity index is 419. The van der Waals surface area contributed by atoms with Crippen molar-refractivity contribution in [1.29, 1.82) is 0 Å². The van der Waals surface area contributed by atoms with Crippen molar-refractivity contribution in [3.8, 4) is 0 Å². The van der Waals surface area contributed by atoms with Crippen molar-refractivity contribution >= 4 is 12.1 Å². The number of amides is 1. The van der Waals surface area contributed by atoms with Crippen molar-refractivity contribution in [2.75, 3.05) is 0 Å². The number of aliphatic carboxylic acids is 1. The summed E-state index contributed by atoms with van der Waals surface area (Å²) in [6, 6.07) is 8.13. The number of carbonyl (C=O) groups excluding carboxylic acids is 2. The Morgan fingerprint density at radius 1 is 1.32 bits per heavy atom. The number of benzene rings is 1. The van der Waals surface area contributed by atoms with Gasteiger partial charge in [0.25, 0.3) is 0 Å². The third-order valence-corrected chi connectivity index (χ3v) is 2.95. The summed E-state index contributed by atoms with van der Waals surface area (Å²) in [5, 5.41) is 13.2. The minimum Gasteiger partial charge on any atom is -0.548 e. The van der Waals surface area contributed by atoms with Gasteiger partial charge in [-0.25, -0.2) is 4.79 Å². The Hall–Kier alpha value is -2.04. The summed E-state index contributed by atoms with van der Waals surface area (Å²) in [6.45, 7) is 3.68. The first-order valence-corrected chi connectivity index (χ1v) is 6.22. The lowest BCUT2D eigenvalue weighted by Gasteiger charge is -2.24. The van der Waals surface area contributed by atoms with Crippen molar-refractivity contribution in [3.63, 3.8) is 0 Å². The van der Waals surface area contributed by atoms with E-state index >= 15 is 0 Å². The highest BCUT2D eigenvalue weighted by molar-refractivity contribution is 5.78. The van der Waals surface area contributed by atoms with E-state index in [1.165, 1.54) is 0 Å². The van der Waals surface area contributed by atoms with E-state index in [0.29, 0.717) is 6.42 Å². The molecule has 0 aliphatic carbocycles. The van der Waals surface area contributed by atoms with Gasteiger partial charge in [-0.2, -0.15) is 0 Å². The van der Waals surface area contributed by atoms with Crippen LogP contribution in [0.3, 0.4) is 0 Å². The standard InChI is InChI=1S/C14H19NO4/c1-3-10(2)12(13(16)17)15-14(18)19-9-11-7-5-4-6-8-11/h4-8,10,12H,3,9H2,1-2H3,(H,15,18)(H,16,17)/p-1/t10-,12+/m1/s1. The third kappa shape index (κ3) is 4.99. The molecule has 2 atom stereocenters. The quantitative estimate of drug-likeness (QED) is 0.833. The van der Waals surface area contributed by atoms with Crippen LogP contribution in [0.25, 0.3) is 0 Å². The molecule has 5 nitrogen and oxygen atoms in total. The van der Waals surface area contributed by atoms with Crippen LogP contribution in [-0.2, 0) is 16.1 Å². The molecule has 0 saturated carbocycles. The molecule has 0 radical (unpaired) electrons. The Morgan fingerprint density at radius 2 is 1.95 bits per heavy atom. The van der Waals surface area contributed by atoms with E-state index in [1.807, 2.05) is 37.3 Å². The first-order chi connectivity index (χ1) is 9.04. The highest BCUT2D eigenvalue weighted by atomic mass is 16.5. The van der Waals surface area contributed by atoms with Gasteiger partial charge >= 0.3 is 6.09 Å². The Balaban J connectivity index is 2.47. The molecule has 1 amide bonds. The minimum atomic E-state index is -1.30. The molecule has 1 aromatic carbocycles. The summed E-state index contributed by atoms with van der Waals surface area (Å²) in [7, 11) is 0. The molecule has 104 valence electrons. The minimum absolute atomic E-state index is 0.104. The molecule has 1 aromatic rings. The normalized spacial score (nSPS) is 13.4. The predicted molar refractivity (Wildman–Crippen MR) is 68.0 cm³/mol. The maximum Gasteiger partial charge on any atom is 0.408 e. The van der Waals surface area contributed by atoms with Gasteiger partial charge in [0.15, 0.2) is 0 Å². The van der Waals surface area contributed by atoms with E-state index in [1.54, 1.807) is 6.92 Å². The summed E-state index contributed by atoms with van der Waals surface area (Å²) >= 11 is 0. The molecule has 0 spiro atoms. The van der Waals surface area contributed by atoms with E-state index in [2.05, 4.69) is 5.32 Å². The topological polar surface area (TPSA) is 78.5 Å². The highest BCUT2D eigenvalue weighted by Gasteiger charge is 2.19. The summed E-state index contributed by atoms with van der Waals surface area (Å²) < 4.78 is 4.96. The summed E-state index contributed by atoms with van der Waals surface area (Å²) in [5.74, 6) is -1.51. The SMILES string of the molecule is CC[C@@H](C)[C@H](NC(=O)OCc1ccccc1)C(=O)[O-]. The van der Waals surface area contributed by atoms with Crippen molar-refractivity contribution in [2.24, 2.45) is 5.92 Å². The molecule has 0 fully saturated rings. The molecular weight excluding hydrogens is 246 g/mol. The number of nitrogens with one attached hydrogen (secondary N) is 1. The van der Waals surface area contributed by atoms with Crippen LogP contribution in [0.5, 0.6) is 0 Å². The second-order valence-corrected chi connectivity index (χ2v) is 4.39. The van der Waals surface area contributed by atoms with Gasteiger partial charge in [0.1, 0.15) is 6.61 Å². The fourth-order valence-electron chi connectivity index (χ4n) is 1.56. The number of ether oxygens (including phenoxy) is 1. The Morgan fingerprint density at radius 3 is 2.47 bits per heavy atom.